The van der Waals surface area contributed by atoms with Crippen molar-refractivity contribution in [3.8, 4) is 5.75 Å². The summed E-state index contributed by atoms with van der Waals surface area (Å²) in [5.74, 6) is 0.185. The van der Waals surface area contributed by atoms with Gasteiger partial charge >= 0.3 is 0 Å². The molecule has 2 N–H and O–H groups in total. The molecule has 0 fully saturated rings. The first-order valence-electron chi connectivity index (χ1n) is 8.85. The van der Waals surface area contributed by atoms with Crippen LogP contribution in [0, 0.1) is 11.6 Å². The zero-order chi connectivity index (χ0) is 19.6. The van der Waals surface area contributed by atoms with Crippen LogP contribution in [0.5, 0.6) is 5.75 Å². The molecular weight excluding hydrogens is 384 g/mol. The Kier molecular flexibility index (Phi) is 7.43. The number of guanidine groups is 1. The molecule has 0 saturated carbocycles. The van der Waals surface area contributed by atoms with E-state index in [9.17, 15) is 8.78 Å². The number of thiophene rings is 1. The first-order valence-corrected chi connectivity index (χ1v) is 9.73. The molecule has 0 bridgehead atoms. The molecule has 2 heterocycles. The Balaban J connectivity index is 1.48. The van der Waals surface area contributed by atoms with Gasteiger partial charge in [0.1, 0.15) is 18.2 Å². The van der Waals surface area contributed by atoms with Crippen LogP contribution in [-0.4, -0.2) is 25.7 Å². The minimum atomic E-state index is -0.719. The molecule has 0 radical (unpaired) electrons. The van der Waals surface area contributed by atoms with E-state index in [1.807, 2.05) is 29.6 Å². The van der Waals surface area contributed by atoms with Gasteiger partial charge in [0.05, 0.1) is 19.4 Å². The van der Waals surface area contributed by atoms with Crippen LogP contribution in [-0.2, 0) is 13.0 Å². The number of rotatable bonds is 9. The van der Waals surface area contributed by atoms with Crippen molar-refractivity contribution >= 4 is 17.3 Å². The Morgan fingerprint density at radius 1 is 1.11 bits per heavy atom. The molecule has 0 aliphatic heterocycles. The van der Waals surface area contributed by atoms with Crippen molar-refractivity contribution in [2.45, 2.75) is 13.0 Å². The number of nitrogens with one attached hydrogen (secondary N) is 2. The average molecular weight is 405 g/mol. The SMILES string of the molecule is Fc1ccc(OCCNC(=NCc2cccs2)NCCc2ccco2)c(F)c1. The highest BCUT2D eigenvalue weighted by atomic mass is 32.1. The maximum atomic E-state index is 13.6. The van der Waals surface area contributed by atoms with Crippen LogP contribution < -0.4 is 15.4 Å². The Hall–Kier alpha value is -2.87. The van der Waals surface area contributed by atoms with Crippen LogP contribution >= 0.6 is 11.3 Å². The Morgan fingerprint density at radius 2 is 2.00 bits per heavy atom. The highest BCUT2D eigenvalue weighted by Crippen LogP contribution is 2.17. The summed E-state index contributed by atoms with van der Waals surface area (Å²) in [6.07, 6.45) is 2.37. The Labute approximate surface area is 166 Å². The molecule has 2 aromatic heterocycles. The van der Waals surface area contributed by atoms with Crippen LogP contribution in [0.25, 0.3) is 0 Å². The van der Waals surface area contributed by atoms with Crippen molar-refractivity contribution in [3.63, 3.8) is 0 Å². The molecular formula is C20H21F2N3O2S. The van der Waals surface area contributed by atoms with E-state index in [2.05, 4.69) is 15.6 Å². The molecule has 0 aliphatic carbocycles. The number of aliphatic imine (C=N–C) groups is 1. The van der Waals surface area contributed by atoms with Crippen LogP contribution in [0.4, 0.5) is 8.78 Å². The zero-order valence-electron chi connectivity index (χ0n) is 15.2. The van der Waals surface area contributed by atoms with Crippen molar-refractivity contribution < 1.29 is 17.9 Å². The van der Waals surface area contributed by atoms with Crippen LogP contribution in [0.1, 0.15) is 10.6 Å². The predicted molar refractivity (Wildman–Crippen MR) is 106 cm³/mol. The zero-order valence-corrected chi connectivity index (χ0v) is 16.0. The Bertz CT molecular complexity index is 868. The summed E-state index contributed by atoms with van der Waals surface area (Å²) in [7, 11) is 0. The summed E-state index contributed by atoms with van der Waals surface area (Å²) in [6.45, 7) is 1.83. The molecule has 0 atom stereocenters. The third-order valence-corrected chi connectivity index (χ3v) is 4.62. The van der Waals surface area contributed by atoms with E-state index >= 15 is 0 Å². The van der Waals surface area contributed by atoms with E-state index in [1.165, 1.54) is 6.07 Å². The molecule has 3 aromatic rings. The van der Waals surface area contributed by atoms with E-state index in [4.69, 9.17) is 9.15 Å². The first kappa shape index (κ1) is 19.9. The van der Waals surface area contributed by atoms with Gasteiger partial charge in [0.15, 0.2) is 17.5 Å². The van der Waals surface area contributed by atoms with E-state index < -0.39 is 11.6 Å². The lowest BCUT2D eigenvalue weighted by Gasteiger charge is -2.13. The maximum Gasteiger partial charge on any atom is 0.191 e. The van der Waals surface area contributed by atoms with E-state index in [-0.39, 0.29) is 12.4 Å². The molecule has 28 heavy (non-hydrogen) atoms. The number of hydrogen-bond acceptors (Lipinski definition) is 4. The fraction of sp³-hybridized carbons (Fsp3) is 0.250. The number of hydrogen-bond donors (Lipinski definition) is 2. The lowest BCUT2D eigenvalue weighted by Crippen LogP contribution is -2.40. The molecule has 0 aliphatic rings. The summed E-state index contributed by atoms with van der Waals surface area (Å²) in [5.41, 5.74) is 0. The van der Waals surface area contributed by atoms with Crippen LogP contribution in [0.15, 0.2) is 63.5 Å². The second kappa shape index (κ2) is 10.5. The summed E-state index contributed by atoms with van der Waals surface area (Å²) in [4.78, 5) is 5.70. The average Bonchev–Trinajstić information content (AvgIpc) is 3.38. The third kappa shape index (κ3) is 6.38. The molecule has 148 valence electrons. The van der Waals surface area contributed by atoms with E-state index in [0.717, 1.165) is 29.2 Å². The number of ether oxygens (including phenoxy) is 1. The highest BCUT2D eigenvalue weighted by Gasteiger charge is 2.05. The second-order valence-electron chi connectivity index (χ2n) is 5.85. The maximum absolute atomic E-state index is 13.6. The predicted octanol–water partition coefficient (Wildman–Crippen LogP) is 3.98. The summed E-state index contributed by atoms with van der Waals surface area (Å²) >= 11 is 1.64. The van der Waals surface area contributed by atoms with E-state index in [1.54, 1.807) is 17.6 Å². The van der Waals surface area contributed by atoms with Gasteiger partial charge in [-0.2, -0.15) is 0 Å². The van der Waals surface area contributed by atoms with Gasteiger partial charge in [0.2, 0.25) is 0 Å². The normalized spacial score (nSPS) is 11.4. The minimum Gasteiger partial charge on any atom is -0.489 e. The topological polar surface area (TPSA) is 58.8 Å². The number of halogens is 2. The van der Waals surface area contributed by atoms with E-state index in [0.29, 0.717) is 25.6 Å². The van der Waals surface area contributed by atoms with Gasteiger partial charge in [-0.25, -0.2) is 13.8 Å². The monoisotopic (exact) mass is 405 g/mol. The van der Waals surface area contributed by atoms with Gasteiger partial charge in [0.25, 0.3) is 0 Å². The molecule has 5 nitrogen and oxygen atoms in total. The van der Waals surface area contributed by atoms with Crippen molar-refractivity contribution in [1.82, 2.24) is 10.6 Å². The van der Waals surface area contributed by atoms with Crippen molar-refractivity contribution in [2.24, 2.45) is 4.99 Å². The largest absolute Gasteiger partial charge is 0.489 e. The van der Waals surface area contributed by atoms with Gasteiger partial charge in [-0.1, -0.05) is 6.07 Å². The van der Waals surface area contributed by atoms with Gasteiger partial charge in [0, 0.05) is 23.9 Å². The fourth-order valence-electron chi connectivity index (χ4n) is 2.42. The van der Waals surface area contributed by atoms with Crippen molar-refractivity contribution in [2.75, 3.05) is 19.7 Å². The van der Waals surface area contributed by atoms with Crippen LogP contribution in [0.3, 0.4) is 0 Å². The molecule has 1 aromatic carbocycles. The standard InChI is InChI=1S/C20H21F2N3O2S/c21-15-5-6-19(18(22)13-15)27-11-9-24-20(25-14-17-4-2-12-28-17)23-8-7-16-3-1-10-26-16/h1-6,10,12-13H,7-9,11,14H2,(H2,23,24,25). The summed E-state index contributed by atoms with van der Waals surface area (Å²) < 4.78 is 37.2. The molecule has 3 rings (SSSR count). The minimum absolute atomic E-state index is 0.0195. The molecule has 0 amide bonds. The summed E-state index contributed by atoms with van der Waals surface area (Å²) in [6, 6.07) is 11.0. The van der Waals surface area contributed by atoms with Gasteiger partial charge in [-0.05, 0) is 35.7 Å². The fourth-order valence-corrected chi connectivity index (χ4v) is 3.04. The second-order valence-corrected chi connectivity index (χ2v) is 6.88. The highest BCUT2D eigenvalue weighted by molar-refractivity contribution is 7.09. The summed E-state index contributed by atoms with van der Waals surface area (Å²) in [5, 5.41) is 8.40. The lowest BCUT2D eigenvalue weighted by molar-refractivity contribution is 0.304. The number of benzene rings is 1. The Morgan fingerprint density at radius 3 is 2.75 bits per heavy atom. The van der Waals surface area contributed by atoms with Crippen molar-refractivity contribution in [1.29, 1.82) is 0 Å². The number of nitrogens with zero attached hydrogens (tertiary/aromatic N) is 1. The van der Waals surface area contributed by atoms with Gasteiger partial charge in [-0.15, -0.1) is 11.3 Å². The number of furan rings is 1. The molecule has 8 heteroatoms. The first-order chi connectivity index (χ1) is 13.7. The van der Waals surface area contributed by atoms with Gasteiger partial charge < -0.3 is 19.8 Å². The molecule has 0 saturated heterocycles. The smallest absolute Gasteiger partial charge is 0.191 e. The van der Waals surface area contributed by atoms with Crippen LogP contribution in [0.2, 0.25) is 0 Å². The van der Waals surface area contributed by atoms with Gasteiger partial charge in [-0.3, -0.25) is 0 Å². The third-order valence-electron chi connectivity index (χ3n) is 3.76. The quantitative estimate of drug-likeness (QED) is 0.321. The van der Waals surface area contributed by atoms with Crippen molar-refractivity contribution in [3.05, 3.63) is 76.4 Å². The lowest BCUT2D eigenvalue weighted by atomic mass is 10.3. The molecule has 0 spiro atoms. The molecule has 0 unspecified atom stereocenters.